The Bertz CT molecular complexity index is 272. The number of nitrogens with one attached hydrogen (secondary N) is 1. The van der Waals surface area contributed by atoms with Gasteiger partial charge >= 0.3 is 0 Å². The van der Waals surface area contributed by atoms with Crippen LogP contribution in [0.3, 0.4) is 0 Å². The number of unbranched alkanes of at least 4 members (excludes halogenated alkanes) is 4. The maximum Gasteiger partial charge on any atom is 0.0189 e. The summed E-state index contributed by atoms with van der Waals surface area (Å²) >= 11 is 0. The van der Waals surface area contributed by atoms with Gasteiger partial charge in [-0.3, -0.25) is 0 Å². The van der Waals surface area contributed by atoms with Crippen LogP contribution in [-0.2, 0) is 0 Å². The van der Waals surface area contributed by atoms with E-state index in [1.807, 2.05) is 6.08 Å². The van der Waals surface area contributed by atoms with Gasteiger partial charge in [0, 0.05) is 5.54 Å². The van der Waals surface area contributed by atoms with Gasteiger partial charge in [-0.25, -0.2) is 0 Å². The van der Waals surface area contributed by atoms with Crippen molar-refractivity contribution in [2.75, 3.05) is 6.54 Å². The summed E-state index contributed by atoms with van der Waals surface area (Å²) in [6, 6.07) is 0. The zero-order chi connectivity index (χ0) is 13.1. The highest BCUT2D eigenvalue weighted by Crippen LogP contribution is 2.55. The second-order valence-electron chi connectivity index (χ2n) is 7.62. The zero-order valence-corrected chi connectivity index (χ0v) is 12.5. The standard InChI is InChI=1S/C18H31N/c1-2-3-4-5-6-7-8-19-18-12-15-9-16(13-18)11-17(10-15)14-18/h2,15-17,19H,1,3-14H2. The molecule has 0 aromatic rings. The van der Waals surface area contributed by atoms with Crippen LogP contribution in [0.15, 0.2) is 12.7 Å². The summed E-state index contributed by atoms with van der Waals surface area (Å²) in [7, 11) is 0. The molecule has 0 amide bonds. The van der Waals surface area contributed by atoms with Gasteiger partial charge in [-0.1, -0.05) is 18.9 Å². The third-order valence-electron chi connectivity index (χ3n) is 5.87. The van der Waals surface area contributed by atoms with Gasteiger partial charge in [0.1, 0.15) is 0 Å². The van der Waals surface area contributed by atoms with Gasteiger partial charge in [0.15, 0.2) is 0 Å². The van der Waals surface area contributed by atoms with E-state index in [9.17, 15) is 0 Å². The van der Waals surface area contributed by atoms with E-state index < -0.39 is 0 Å². The molecule has 0 aromatic carbocycles. The Kier molecular flexibility index (Phi) is 4.31. The molecule has 0 unspecified atom stereocenters. The largest absolute Gasteiger partial charge is 0.311 e. The highest BCUT2D eigenvalue weighted by atomic mass is 15.0. The van der Waals surface area contributed by atoms with E-state index in [1.165, 1.54) is 57.9 Å². The molecule has 0 aliphatic heterocycles. The smallest absolute Gasteiger partial charge is 0.0189 e. The van der Waals surface area contributed by atoms with Crippen molar-refractivity contribution in [3.8, 4) is 0 Å². The first-order valence-electron chi connectivity index (χ1n) is 8.65. The van der Waals surface area contributed by atoms with E-state index >= 15 is 0 Å². The molecule has 0 aromatic heterocycles. The highest BCUT2D eigenvalue weighted by molar-refractivity contribution is 5.06. The van der Waals surface area contributed by atoms with Crippen LogP contribution in [0.25, 0.3) is 0 Å². The minimum atomic E-state index is 0.579. The van der Waals surface area contributed by atoms with Crippen molar-refractivity contribution in [2.45, 2.75) is 76.2 Å². The normalized spacial score (nSPS) is 39.7. The number of rotatable bonds is 8. The van der Waals surface area contributed by atoms with Crippen LogP contribution in [0.5, 0.6) is 0 Å². The fourth-order valence-corrected chi connectivity index (χ4v) is 5.45. The van der Waals surface area contributed by atoms with E-state index in [4.69, 9.17) is 0 Å². The Morgan fingerprint density at radius 3 is 2.05 bits per heavy atom. The van der Waals surface area contributed by atoms with Gasteiger partial charge in [0.25, 0.3) is 0 Å². The average Bonchev–Trinajstić information content (AvgIpc) is 2.36. The van der Waals surface area contributed by atoms with E-state index in [1.54, 1.807) is 19.3 Å². The third kappa shape index (κ3) is 3.24. The summed E-state index contributed by atoms with van der Waals surface area (Å²) in [5.74, 6) is 3.23. The minimum absolute atomic E-state index is 0.579. The summed E-state index contributed by atoms with van der Waals surface area (Å²) in [6.45, 7) is 5.05. The van der Waals surface area contributed by atoms with Gasteiger partial charge in [-0.15, -0.1) is 6.58 Å². The molecule has 4 rings (SSSR count). The topological polar surface area (TPSA) is 12.0 Å². The molecular formula is C18H31N. The number of hydrogen-bond acceptors (Lipinski definition) is 1. The van der Waals surface area contributed by atoms with Gasteiger partial charge in [-0.05, 0) is 82.1 Å². The SMILES string of the molecule is C=CCCCCCCNC12CC3CC(CC(C3)C1)C2. The fraction of sp³-hybridized carbons (Fsp3) is 0.889. The van der Waals surface area contributed by atoms with Gasteiger partial charge in [0.2, 0.25) is 0 Å². The van der Waals surface area contributed by atoms with Gasteiger partial charge in [0.05, 0.1) is 0 Å². The van der Waals surface area contributed by atoms with Gasteiger partial charge < -0.3 is 5.32 Å². The van der Waals surface area contributed by atoms with Crippen molar-refractivity contribution in [3.63, 3.8) is 0 Å². The molecule has 4 aliphatic carbocycles. The van der Waals surface area contributed by atoms with Crippen LogP contribution in [0.2, 0.25) is 0 Å². The summed E-state index contributed by atoms with van der Waals surface area (Å²) in [5, 5.41) is 4.00. The first-order chi connectivity index (χ1) is 9.30. The van der Waals surface area contributed by atoms with Crippen molar-refractivity contribution in [2.24, 2.45) is 17.8 Å². The maximum absolute atomic E-state index is 4.00. The van der Waals surface area contributed by atoms with Crippen LogP contribution < -0.4 is 5.32 Å². The lowest BCUT2D eigenvalue weighted by Gasteiger charge is -2.57. The lowest BCUT2D eigenvalue weighted by atomic mass is 9.53. The van der Waals surface area contributed by atoms with E-state index in [0.29, 0.717) is 5.54 Å². The van der Waals surface area contributed by atoms with E-state index in [0.717, 1.165) is 17.8 Å². The van der Waals surface area contributed by atoms with Crippen LogP contribution in [-0.4, -0.2) is 12.1 Å². The number of hydrogen-bond donors (Lipinski definition) is 1. The molecule has 1 nitrogen and oxygen atoms in total. The first-order valence-corrected chi connectivity index (χ1v) is 8.65. The lowest BCUT2D eigenvalue weighted by Crippen LogP contribution is -2.58. The molecule has 4 fully saturated rings. The third-order valence-corrected chi connectivity index (χ3v) is 5.87. The van der Waals surface area contributed by atoms with Crippen molar-refractivity contribution in [3.05, 3.63) is 12.7 Å². The molecule has 19 heavy (non-hydrogen) atoms. The molecule has 0 radical (unpaired) electrons. The molecule has 4 bridgehead atoms. The molecule has 0 spiro atoms. The molecule has 0 heterocycles. The summed E-state index contributed by atoms with van der Waals surface area (Å²) in [4.78, 5) is 0. The Balaban J connectivity index is 1.37. The predicted octanol–water partition coefficient (Wildman–Crippen LogP) is 4.68. The summed E-state index contributed by atoms with van der Waals surface area (Å²) in [5.41, 5.74) is 0.579. The summed E-state index contributed by atoms with van der Waals surface area (Å²) < 4.78 is 0. The van der Waals surface area contributed by atoms with Crippen LogP contribution in [0.1, 0.15) is 70.6 Å². The Morgan fingerprint density at radius 1 is 0.895 bits per heavy atom. The van der Waals surface area contributed by atoms with Crippen LogP contribution >= 0.6 is 0 Å². The highest BCUT2D eigenvalue weighted by Gasteiger charge is 2.50. The molecule has 0 atom stereocenters. The maximum atomic E-state index is 4.00. The van der Waals surface area contributed by atoms with Crippen molar-refractivity contribution < 1.29 is 0 Å². The average molecular weight is 261 g/mol. The first kappa shape index (κ1) is 13.7. The summed E-state index contributed by atoms with van der Waals surface area (Å²) in [6.07, 6.45) is 17.9. The van der Waals surface area contributed by atoms with Gasteiger partial charge in [-0.2, -0.15) is 0 Å². The van der Waals surface area contributed by atoms with E-state index in [2.05, 4.69) is 11.9 Å². The van der Waals surface area contributed by atoms with Crippen molar-refractivity contribution >= 4 is 0 Å². The van der Waals surface area contributed by atoms with Crippen LogP contribution in [0, 0.1) is 17.8 Å². The second-order valence-corrected chi connectivity index (χ2v) is 7.62. The minimum Gasteiger partial charge on any atom is -0.311 e. The Labute approximate surface area is 119 Å². The molecule has 108 valence electrons. The van der Waals surface area contributed by atoms with Crippen molar-refractivity contribution in [1.82, 2.24) is 5.32 Å². The number of allylic oxidation sites excluding steroid dienone is 1. The lowest BCUT2D eigenvalue weighted by molar-refractivity contribution is -0.0196. The zero-order valence-electron chi connectivity index (χ0n) is 12.5. The Morgan fingerprint density at radius 2 is 1.47 bits per heavy atom. The molecule has 1 N–H and O–H groups in total. The fourth-order valence-electron chi connectivity index (χ4n) is 5.45. The Hall–Kier alpha value is -0.300. The second kappa shape index (κ2) is 5.99. The quantitative estimate of drug-likeness (QED) is 0.494. The molecule has 0 saturated heterocycles. The van der Waals surface area contributed by atoms with E-state index in [-0.39, 0.29) is 0 Å². The van der Waals surface area contributed by atoms with Crippen LogP contribution in [0.4, 0.5) is 0 Å². The molecular weight excluding hydrogens is 230 g/mol. The molecule has 1 heteroatoms. The predicted molar refractivity (Wildman–Crippen MR) is 82.2 cm³/mol. The molecule has 4 aliphatic rings. The molecule has 4 saturated carbocycles. The van der Waals surface area contributed by atoms with Crippen molar-refractivity contribution in [1.29, 1.82) is 0 Å². The monoisotopic (exact) mass is 261 g/mol.